The molecule has 0 N–H and O–H groups in total. The number of unbranched alkanes of at least 4 members (excludes halogenated alkanes) is 2. The van der Waals surface area contributed by atoms with Crippen LogP contribution in [-0.2, 0) is 4.43 Å². The van der Waals surface area contributed by atoms with Gasteiger partial charge in [0.05, 0.1) is 0 Å². The summed E-state index contributed by atoms with van der Waals surface area (Å²) in [6.07, 6.45) is 11.2. The lowest BCUT2D eigenvalue weighted by atomic mass is 10.1. The topological polar surface area (TPSA) is 9.23 Å². The van der Waals surface area contributed by atoms with Gasteiger partial charge in [-0.2, -0.15) is 0 Å². The highest BCUT2D eigenvalue weighted by molar-refractivity contribution is 14.1. The first-order chi connectivity index (χ1) is 7.49. The molecule has 0 bridgehead atoms. The van der Waals surface area contributed by atoms with E-state index in [-0.39, 0.29) is 0 Å². The van der Waals surface area contributed by atoms with E-state index in [0.29, 0.717) is 6.10 Å². The summed E-state index contributed by atoms with van der Waals surface area (Å²) in [4.78, 5) is 0. The Balaban J connectivity index is 4.00. The van der Waals surface area contributed by atoms with Crippen LogP contribution in [0.2, 0.25) is 19.6 Å². The standard InChI is InChI=1S/C13H27IOSi/c1-5-6-7-10-13(11-8-9-12-14)15-16(2,3)4/h8-9,13H,5-7,10-12H2,1-4H3. The normalized spacial score (nSPS) is 14.6. The molecule has 0 fully saturated rings. The maximum atomic E-state index is 6.22. The largest absolute Gasteiger partial charge is 0.414 e. The van der Waals surface area contributed by atoms with Crippen LogP contribution in [-0.4, -0.2) is 18.8 Å². The van der Waals surface area contributed by atoms with Crippen LogP contribution in [0.15, 0.2) is 12.2 Å². The van der Waals surface area contributed by atoms with Gasteiger partial charge < -0.3 is 4.43 Å². The molecule has 0 aliphatic heterocycles. The monoisotopic (exact) mass is 354 g/mol. The lowest BCUT2D eigenvalue weighted by molar-refractivity contribution is 0.183. The fraction of sp³-hybridized carbons (Fsp3) is 0.846. The lowest BCUT2D eigenvalue weighted by Gasteiger charge is -2.25. The molecule has 3 heteroatoms. The van der Waals surface area contributed by atoms with E-state index < -0.39 is 8.32 Å². The highest BCUT2D eigenvalue weighted by Gasteiger charge is 2.19. The van der Waals surface area contributed by atoms with Crippen molar-refractivity contribution < 1.29 is 4.43 Å². The molecule has 0 saturated carbocycles. The third-order valence-corrected chi connectivity index (χ3v) is 3.85. The van der Waals surface area contributed by atoms with Crippen LogP contribution >= 0.6 is 22.6 Å². The molecular formula is C13H27IOSi. The Bertz CT molecular complexity index is 187. The molecule has 1 atom stereocenters. The number of allylic oxidation sites excluding steroid dienone is 1. The average Bonchev–Trinajstić information content (AvgIpc) is 2.16. The Kier molecular flexibility index (Phi) is 10.0. The summed E-state index contributed by atoms with van der Waals surface area (Å²) in [6.45, 7) is 9.09. The molecule has 0 aromatic carbocycles. The first kappa shape index (κ1) is 16.6. The molecular weight excluding hydrogens is 327 g/mol. The van der Waals surface area contributed by atoms with E-state index in [1.165, 1.54) is 25.7 Å². The number of rotatable bonds is 9. The van der Waals surface area contributed by atoms with E-state index in [9.17, 15) is 0 Å². The zero-order valence-corrected chi connectivity index (χ0v) is 14.4. The first-order valence-corrected chi connectivity index (χ1v) is 11.3. The van der Waals surface area contributed by atoms with Gasteiger partial charge in [-0.3, -0.25) is 0 Å². The second kappa shape index (κ2) is 9.65. The van der Waals surface area contributed by atoms with Crippen LogP contribution in [0.4, 0.5) is 0 Å². The van der Waals surface area contributed by atoms with Crippen molar-refractivity contribution in [3.05, 3.63) is 12.2 Å². The van der Waals surface area contributed by atoms with E-state index in [4.69, 9.17) is 4.43 Å². The summed E-state index contributed by atoms with van der Waals surface area (Å²) in [7, 11) is -1.38. The Morgan fingerprint density at radius 1 is 1.19 bits per heavy atom. The highest BCUT2D eigenvalue weighted by Crippen LogP contribution is 2.16. The Morgan fingerprint density at radius 3 is 2.38 bits per heavy atom. The number of hydrogen-bond acceptors (Lipinski definition) is 1. The molecule has 0 aliphatic rings. The molecule has 0 heterocycles. The molecule has 0 rings (SSSR count). The van der Waals surface area contributed by atoms with Crippen LogP contribution in [0.25, 0.3) is 0 Å². The molecule has 0 amide bonds. The Morgan fingerprint density at radius 2 is 1.88 bits per heavy atom. The average molecular weight is 354 g/mol. The molecule has 0 radical (unpaired) electrons. The minimum atomic E-state index is -1.38. The minimum Gasteiger partial charge on any atom is -0.414 e. The van der Waals surface area contributed by atoms with E-state index in [0.717, 1.165) is 10.8 Å². The van der Waals surface area contributed by atoms with Crippen molar-refractivity contribution in [1.82, 2.24) is 0 Å². The first-order valence-electron chi connectivity index (χ1n) is 6.38. The summed E-state index contributed by atoms with van der Waals surface area (Å²) >= 11 is 2.38. The fourth-order valence-corrected chi connectivity index (χ4v) is 3.23. The van der Waals surface area contributed by atoms with Gasteiger partial charge in [0.2, 0.25) is 0 Å². The van der Waals surface area contributed by atoms with Crippen LogP contribution in [0, 0.1) is 0 Å². The van der Waals surface area contributed by atoms with E-state index >= 15 is 0 Å². The summed E-state index contributed by atoms with van der Waals surface area (Å²) in [6, 6.07) is 0. The molecule has 0 aliphatic carbocycles. The quantitative estimate of drug-likeness (QED) is 0.183. The van der Waals surface area contributed by atoms with Gasteiger partial charge in [-0.1, -0.05) is 60.9 Å². The van der Waals surface area contributed by atoms with Crippen molar-refractivity contribution in [1.29, 1.82) is 0 Å². The molecule has 0 saturated heterocycles. The molecule has 0 aromatic rings. The van der Waals surface area contributed by atoms with Crippen molar-refractivity contribution in [3.8, 4) is 0 Å². The molecule has 16 heavy (non-hydrogen) atoms. The van der Waals surface area contributed by atoms with Crippen LogP contribution < -0.4 is 0 Å². The van der Waals surface area contributed by atoms with Crippen molar-refractivity contribution in [2.45, 2.75) is 64.8 Å². The molecule has 0 aromatic heterocycles. The van der Waals surface area contributed by atoms with Crippen LogP contribution in [0.3, 0.4) is 0 Å². The zero-order valence-electron chi connectivity index (χ0n) is 11.3. The molecule has 1 nitrogen and oxygen atoms in total. The lowest BCUT2D eigenvalue weighted by Crippen LogP contribution is -2.31. The van der Waals surface area contributed by atoms with Crippen molar-refractivity contribution in [2.75, 3.05) is 4.43 Å². The second-order valence-electron chi connectivity index (χ2n) is 5.21. The third kappa shape index (κ3) is 11.1. The van der Waals surface area contributed by atoms with Gasteiger partial charge in [-0.05, 0) is 32.5 Å². The SMILES string of the molecule is CCCCCC(CC=CCI)O[Si](C)(C)C. The predicted molar refractivity (Wildman–Crippen MR) is 85.0 cm³/mol. The summed E-state index contributed by atoms with van der Waals surface area (Å²) in [5.74, 6) is 0. The summed E-state index contributed by atoms with van der Waals surface area (Å²) in [5.41, 5.74) is 0. The second-order valence-corrected chi connectivity index (χ2v) is 10.6. The molecule has 1 unspecified atom stereocenters. The van der Waals surface area contributed by atoms with Crippen molar-refractivity contribution in [2.24, 2.45) is 0 Å². The summed E-state index contributed by atoms with van der Waals surface area (Å²) < 4.78 is 7.32. The highest BCUT2D eigenvalue weighted by atomic mass is 127. The van der Waals surface area contributed by atoms with Gasteiger partial charge in [-0.25, -0.2) is 0 Å². The fourth-order valence-electron chi connectivity index (χ4n) is 1.66. The Hall–Kier alpha value is 0.647. The smallest absolute Gasteiger partial charge is 0.184 e. The van der Waals surface area contributed by atoms with Gasteiger partial charge in [0.1, 0.15) is 0 Å². The summed E-state index contributed by atoms with van der Waals surface area (Å²) in [5, 5.41) is 0. The number of alkyl halides is 1. The van der Waals surface area contributed by atoms with E-state index in [2.05, 4.69) is 61.3 Å². The van der Waals surface area contributed by atoms with Crippen LogP contribution in [0.5, 0.6) is 0 Å². The van der Waals surface area contributed by atoms with Gasteiger partial charge in [0.25, 0.3) is 0 Å². The maximum absolute atomic E-state index is 6.22. The minimum absolute atomic E-state index is 0.456. The zero-order chi connectivity index (χ0) is 12.4. The number of hydrogen-bond donors (Lipinski definition) is 0. The third-order valence-electron chi connectivity index (χ3n) is 2.30. The maximum Gasteiger partial charge on any atom is 0.184 e. The Labute approximate surface area is 116 Å². The van der Waals surface area contributed by atoms with E-state index in [1.54, 1.807) is 0 Å². The van der Waals surface area contributed by atoms with Gasteiger partial charge in [0.15, 0.2) is 8.32 Å². The number of halogens is 1. The van der Waals surface area contributed by atoms with Crippen molar-refractivity contribution >= 4 is 30.9 Å². The van der Waals surface area contributed by atoms with Crippen molar-refractivity contribution in [3.63, 3.8) is 0 Å². The van der Waals surface area contributed by atoms with Gasteiger partial charge in [0, 0.05) is 10.5 Å². The van der Waals surface area contributed by atoms with Gasteiger partial charge in [-0.15, -0.1) is 0 Å². The van der Waals surface area contributed by atoms with Crippen LogP contribution in [0.1, 0.15) is 39.0 Å². The van der Waals surface area contributed by atoms with E-state index in [1.807, 2.05) is 0 Å². The molecule has 96 valence electrons. The molecule has 0 spiro atoms. The van der Waals surface area contributed by atoms with Gasteiger partial charge >= 0.3 is 0 Å². The predicted octanol–water partition coefficient (Wildman–Crippen LogP) is 5.17.